The van der Waals surface area contributed by atoms with Crippen LogP contribution < -0.4 is 10.6 Å². The second-order valence-corrected chi connectivity index (χ2v) is 4.05. The lowest BCUT2D eigenvalue weighted by atomic mass is 9.93. The summed E-state index contributed by atoms with van der Waals surface area (Å²) in [5.41, 5.74) is 0. The van der Waals surface area contributed by atoms with E-state index in [0.717, 1.165) is 0 Å². The van der Waals surface area contributed by atoms with Crippen LogP contribution in [0.5, 0.6) is 0 Å². The SMILES string of the molecule is C=C(Cl)CNC(=O)C1CCNCC1(F)F. The zero-order valence-electron chi connectivity index (χ0n) is 8.16. The molecule has 1 aliphatic heterocycles. The highest BCUT2D eigenvalue weighted by Gasteiger charge is 2.45. The lowest BCUT2D eigenvalue weighted by molar-refractivity contribution is -0.142. The van der Waals surface area contributed by atoms with Crippen molar-refractivity contribution in [3.63, 3.8) is 0 Å². The second kappa shape index (κ2) is 4.90. The molecule has 0 aromatic heterocycles. The maximum absolute atomic E-state index is 13.3. The molecule has 15 heavy (non-hydrogen) atoms. The lowest BCUT2D eigenvalue weighted by Crippen LogP contribution is -2.52. The number of halogens is 3. The van der Waals surface area contributed by atoms with Gasteiger partial charge in [-0.2, -0.15) is 0 Å². The Balaban J connectivity index is 2.53. The predicted molar refractivity (Wildman–Crippen MR) is 53.9 cm³/mol. The van der Waals surface area contributed by atoms with Crippen LogP contribution >= 0.6 is 11.6 Å². The standard InChI is InChI=1S/C9H13ClF2N2O/c1-6(10)4-14-8(15)7-2-3-13-5-9(7,11)12/h7,13H,1-5H2,(H,14,15). The van der Waals surface area contributed by atoms with Crippen molar-refractivity contribution >= 4 is 17.5 Å². The molecule has 0 spiro atoms. The van der Waals surface area contributed by atoms with Crippen molar-refractivity contribution in [1.82, 2.24) is 10.6 Å². The zero-order valence-corrected chi connectivity index (χ0v) is 8.91. The molecule has 3 nitrogen and oxygen atoms in total. The molecule has 0 aromatic rings. The summed E-state index contributed by atoms with van der Waals surface area (Å²) in [6.45, 7) is 3.36. The highest BCUT2D eigenvalue weighted by atomic mass is 35.5. The molecule has 1 heterocycles. The van der Waals surface area contributed by atoms with Crippen LogP contribution in [0, 0.1) is 5.92 Å². The maximum atomic E-state index is 13.3. The van der Waals surface area contributed by atoms with Crippen molar-refractivity contribution in [2.45, 2.75) is 12.3 Å². The minimum atomic E-state index is -2.99. The van der Waals surface area contributed by atoms with Gasteiger partial charge in [0.1, 0.15) is 5.92 Å². The van der Waals surface area contributed by atoms with E-state index >= 15 is 0 Å². The minimum Gasteiger partial charge on any atom is -0.351 e. The first kappa shape index (κ1) is 12.4. The average Bonchev–Trinajstić information content (AvgIpc) is 2.13. The van der Waals surface area contributed by atoms with Gasteiger partial charge in [0.25, 0.3) is 5.92 Å². The molecule has 0 bridgehead atoms. The average molecular weight is 239 g/mol. The quantitative estimate of drug-likeness (QED) is 0.773. The molecule has 0 aromatic carbocycles. The number of hydrogen-bond acceptors (Lipinski definition) is 2. The van der Waals surface area contributed by atoms with E-state index in [-0.39, 0.29) is 18.0 Å². The normalized spacial score (nSPS) is 24.6. The first-order valence-corrected chi connectivity index (χ1v) is 5.01. The minimum absolute atomic E-state index is 0.0282. The predicted octanol–water partition coefficient (Wildman–Crippen LogP) is 1.10. The van der Waals surface area contributed by atoms with Crippen molar-refractivity contribution in [1.29, 1.82) is 0 Å². The number of piperidine rings is 1. The Morgan fingerprint density at radius 3 is 2.87 bits per heavy atom. The van der Waals surface area contributed by atoms with Gasteiger partial charge in [-0.1, -0.05) is 18.2 Å². The van der Waals surface area contributed by atoms with Gasteiger partial charge in [-0.05, 0) is 13.0 Å². The molecule has 1 atom stereocenters. The number of alkyl halides is 2. The van der Waals surface area contributed by atoms with Crippen LogP contribution in [-0.4, -0.2) is 31.5 Å². The maximum Gasteiger partial charge on any atom is 0.271 e. The van der Waals surface area contributed by atoms with Crippen LogP contribution in [0.3, 0.4) is 0 Å². The van der Waals surface area contributed by atoms with Gasteiger partial charge in [0.05, 0.1) is 13.1 Å². The van der Waals surface area contributed by atoms with Crippen molar-refractivity contribution in [3.05, 3.63) is 11.6 Å². The van der Waals surface area contributed by atoms with E-state index in [1.165, 1.54) is 0 Å². The molecule has 1 saturated heterocycles. The van der Waals surface area contributed by atoms with E-state index in [4.69, 9.17) is 11.6 Å². The highest BCUT2D eigenvalue weighted by molar-refractivity contribution is 6.29. The van der Waals surface area contributed by atoms with Crippen molar-refractivity contribution in [2.75, 3.05) is 19.6 Å². The van der Waals surface area contributed by atoms with Crippen molar-refractivity contribution < 1.29 is 13.6 Å². The number of carbonyl (C=O) groups is 1. The number of carbonyl (C=O) groups excluding carboxylic acids is 1. The van der Waals surface area contributed by atoms with Gasteiger partial charge in [0.2, 0.25) is 5.91 Å². The summed E-state index contributed by atoms with van der Waals surface area (Å²) in [6.07, 6.45) is 0.133. The summed E-state index contributed by atoms with van der Waals surface area (Å²) in [4.78, 5) is 11.4. The molecular weight excluding hydrogens is 226 g/mol. The smallest absolute Gasteiger partial charge is 0.271 e. The molecule has 1 aliphatic rings. The van der Waals surface area contributed by atoms with Crippen LogP contribution in [0.2, 0.25) is 0 Å². The summed E-state index contributed by atoms with van der Waals surface area (Å²) < 4.78 is 26.5. The monoisotopic (exact) mass is 238 g/mol. The van der Waals surface area contributed by atoms with E-state index < -0.39 is 24.3 Å². The molecule has 1 amide bonds. The van der Waals surface area contributed by atoms with Gasteiger partial charge in [-0.25, -0.2) is 8.78 Å². The summed E-state index contributed by atoms with van der Waals surface area (Å²) in [5, 5.41) is 5.10. The fourth-order valence-electron chi connectivity index (χ4n) is 1.46. The van der Waals surface area contributed by atoms with E-state index in [0.29, 0.717) is 6.54 Å². The van der Waals surface area contributed by atoms with Crippen molar-refractivity contribution in [2.24, 2.45) is 5.92 Å². The summed E-state index contributed by atoms with van der Waals surface area (Å²) in [5.74, 6) is -4.92. The molecule has 1 unspecified atom stereocenters. The van der Waals surface area contributed by atoms with Crippen LogP contribution in [-0.2, 0) is 4.79 Å². The number of nitrogens with one attached hydrogen (secondary N) is 2. The number of rotatable bonds is 3. The first-order valence-electron chi connectivity index (χ1n) is 4.63. The van der Waals surface area contributed by atoms with Crippen LogP contribution in [0.4, 0.5) is 8.78 Å². The van der Waals surface area contributed by atoms with E-state index in [1.54, 1.807) is 0 Å². The molecule has 0 radical (unpaired) electrons. The highest BCUT2D eigenvalue weighted by Crippen LogP contribution is 2.29. The molecule has 1 rings (SSSR count). The summed E-state index contributed by atoms with van der Waals surface area (Å²) >= 11 is 5.42. The van der Waals surface area contributed by atoms with Crippen molar-refractivity contribution in [3.8, 4) is 0 Å². The van der Waals surface area contributed by atoms with Gasteiger partial charge in [0.15, 0.2) is 0 Å². The van der Waals surface area contributed by atoms with E-state index in [1.807, 2.05) is 0 Å². The number of hydrogen-bond donors (Lipinski definition) is 2. The Morgan fingerprint density at radius 2 is 2.33 bits per heavy atom. The molecule has 0 saturated carbocycles. The Labute approximate surface area is 91.9 Å². The topological polar surface area (TPSA) is 41.1 Å². The van der Waals surface area contributed by atoms with E-state index in [2.05, 4.69) is 17.2 Å². The molecule has 6 heteroatoms. The largest absolute Gasteiger partial charge is 0.351 e. The number of amides is 1. The summed E-state index contributed by atoms with van der Waals surface area (Å²) in [6, 6.07) is 0. The van der Waals surface area contributed by atoms with Gasteiger partial charge in [0, 0.05) is 5.03 Å². The van der Waals surface area contributed by atoms with Crippen LogP contribution in [0.25, 0.3) is 0 Å². The molecule has 86 valence electrons. The van der Waals surface area contributed by atoms with Crippen LogP contribution in [0.1, 0.15) is 6.42 Å². The Kier molecular flexibility index (Phi) is 4.04. The zero-order chi connectivity index (χ0) is 11.5. The molecular formula is C9H13ClF2N2O. The molecule has 0 aliphatic carbocycles. The van der Waals surface area contributed by atoms with Gasteiger partial charge < -0.3 is 10.6 Å². The summed E-state index contributed by atoms with van der Waals surface area (Å²) in [7, 11) is 0. The van der Waals surface area contributed by atoms with E-state index in [9.17, 15) is 13.6 Å². The molecule has 2 N–H and O–H groups in total. The Morgan fingerprint density at radius 1 is 1.67 bits per heavy atom. The fourth-order valence-corrected chi connectivity index (χ4v) is 1.53. The fraction of sp³-hybridized carbons (Fsp3) is 0.667. The van der Waals surface area contributed by atoms with Gasteiger partial charge >= 0.3 is 0 Å². The first-order chi connectivity index (χ1) is 6.93. The third-order valence-electron chi connectivity index (χ3n) is 2.25. The molecule has 1 fully saturated rings. The van der Waals surface area contributed by atoms with Gasteiger partial charge in [-0.3, -0.25) is 4.79 Å². The third kappa shape index (κ3) is 3.43. The lowest BCUT2D eigenvalue weighted by Gasteiger charge is -2.30. The second-order valence-electron chi connectivity index (χ2n) is 3.51. The van der Waals surface area contributed by atoms with Gasteiger partial charge in [-0.15, -0.1) is 0 Å². The third-order valence-corrected chi connectivity index (χ3v) is 2.38. The Bertz CT molecular complexity index is 271. The Hall–Kier alpha value is -0.680. The van der Waals surface area contributed by atoms with Crippen LogP contribution in [0.15, 0.2) is 11.6 Å².